The lowest BCUT2D eigenvalue weighted by atomic mass is 9.96. The van der Waals surface area contributed by atoms with Crippen molar-refractivity contribution in [1.82, 2.24) is 4.57 Å². The van der Waals surface area contributed by atoms with Gasteiger partial charge in [0.05, 0.1) is 40.0 Å². The van der Waals surface area contributed by atoms with E-state index in [1.807, 2.05) is 66.7 Å². The molecular formula is C31H26BrClN2O5S. The smallest absolute Gasteiger partial charge is 0.338 e. The highest BCUT2D eigenvalue weighted by molar-refractivity contribution is 9.10. The lowest BCUT2D eigenvalue weighted by Crippen LogP contribution is -2.39. The van der Waals surface area contributed by atoms with Gasteiger partial charge in [0.1, 0.15) is 6.61 Å². The topological polar surface area (TPSA) is 79.1 Å². The molecule has 0 amide bonds. The van der Waals surface area contributed by atoms with Crippen LogP contribution in [-0.2, 0) is 16.1 Å². The highest BCUT2D eigenvalue weighted by atomic mass is 79.9. The van der Waals surface area contributed by atoms with Crippen LogP contribution in [0, 0.1) is 0 Å². The van der Waals surface area contributed by atoms with Gasteiger partial charge in [-0.3, -0.25) is 9.36 Å². The molecule has 2 heterocycles. The first kappa shape index (κ1) is 28.9. The zero-order valence-electron chi connectivity index (χ0n) is 22.5. The Labute approximate surface area is 254 Å². The lowest BCUT2D eigenvalue weighted by Gasteiger charge is -2.24. The number of aromatic nitrogens is 1. The summed E-state index contributed by atoms with van der Waals surface area (Å²) in [5.74, 6) is 0.564. The number of hydrogen-bond donors (Lipinski definition) is 0. The maximum atomic E-state index is 13.9. The SMILES string of the molecule is CCOC(=O)C1=C(C)N=c2s/c(=C/c3cc(Br)c(OCc4ccc(Cl)cc4)c(OC)c3)c(=O)n2[C@H]1c1ccccc1. The van der Waals surface area contributed by atoms with Crippen LogP contribution in [0.1, 0.15) is 36.6 Å². The van der Waals surface area contributed by atoms with Crippen LogP contribution in [0.3, 0.4) is 0 Å². The van der Waals surface area contributed by atoms with E-state index in [4.69, 9.17) is 25.8 Å². The van der Waals surface area contributed by atoms with E-state index in [2.05, 4.69) is 20.9 Å². The van der Waals surface area contributed by atoms with Crippen molar-refractivity contribution in [3.63, 3.8) is 0 Å². The molecule has 0 radical (unpaired) electrons. The third-order valence-corrected chi connectivity index (χ3v) is 8.30. The number of rotatable bonds is 8. The van der Waals surface area contributed by atoms with Crippen LogP contribution in [0.5, 0.6) is 11.5 Å². The Morgan fingerprint density at radius 2 is 1.88 bits per heavy atom. The summed E-state index contributed by atoms with van der Waals surface area (Å²) in [5.41, 5.74) is 3.11. The normalized spacial score (nSPS) is 14.9. The van der Waals surface area contributed by atoms with Gasteiger partial charge in [0.15, 0.2) is 16.3 Å². The van der Waals surface area contributed by atoms with Crippen LogP contribution < -0.4 is 24.4 Å². The number of halogens is 2. The highest BCUT2D eigenvalue weighted by Gasteiger charge is 2.33. The van der Waals surface area contributed by atoms with Gasteiger partial charge in [0, 0.05) is 5.02 Å². The molecule has 0 saturated heterocycles. The summed E-state index contributed by atoms with van der Waals surface area (Å²) in [6.45, 7) is 4.06. The van der Waals surface area contributed by atoms with Crippen molar-refractivity contribution in [2.75, 3.05) is 13.7 Å². The fourth-order valence-electron chi connectivity index (χ4n) is 4.59. The molecule has 7 nitrogen and oxygen atoms in total. The first-order chi connectivity index (χ1) is 19.8. The predicted octanol–water partition coefficient (Wildman–Crippen LogP) is 5.80. The Hall–Kier alpha value is -3.66. The molecule has 1 aliphatic rings. The second-order valence-corrected chi connectivity index (χ2v) is 11.5. The molecule has 210 valence electrons. The van der Waals surface area contributed by atoms with Gasteiger partial charge in [0.2, 0.25) is 0 Å². The summed E-state index contributed by atoms with van der Waals surface area (Å²) in [6.07, 6.45) is 1.78. The summed E-state index contributed by atoms with van der Waals surface area (Å²) >= 11 is 10.8. The molecule has 1 aliphatic heterocycles. The molecular weight excluding hydrogens is 628 g/mol. The summed E-state index contributed by atoms with van der Waals surface area (Å²) < 4.78 is 19.7. The number of ether oxygens (including phenoxy) is 3. The molecule has 41 heavy (non-hydrogen) atoms. The van der Waals surface area contributed by atoms with E-state index in [0.717, 1.165) is 16.7 Å². The molecule has 1 aromatic heterocycles. The van der Waals surface area contributed by atoms with E-state index in [1.165, 1.54) is 11.3 Å². The zero-order valence-corrected chi connectivity index (χ0v) is 25.7. The maximum Gasteiger partial charge on any atom is 0.338 e. The lowest BCUT2D eigenvalue weighted by molar-refractivity contribution is -0.139. The van der Waals surface area contributed by atoms with E-state index < -0.39 is 12.0 Å². The Bertz CT molecular complexity index is 1810. The van der Waals surface area contributed by atoms with Crippen LogP contribution in [0.2, 0.25) is 5.02 Å². The third kappa shape index (κ3) is 6.02. The first-order valence-corrected chi connectivity index (χ1v) is 14.8. The van der Waals surface area contributed by atoms with Crippen molar-refractivity contribution in [1.29, 1.82) is 0 Å². The molecule has 0 saturated carbocycles. The Morgan fingerprint density at radius 3 is 2.56 bits per heavy atom. The molecule has 0 spiro atoms. The minimum absolute atomic E-state index is 0.220. The fourth-order valence-corrected chi connectivity index (χ4v) is 6.34. The number of methoxy groups -OCH3 is 1. The number of nitrogens with zero attached hydrogens (tertiary/aromatic N) is 2. The summed E-state index contributed by atoms with van der Waals surface area (Å²) in [7, 11) is 1.56. The third-order valence-electron chi connectivity index (χ3n) is 6.48. The fraction of sp³-hybridized carbons (Fsp3) is 0.194. The van der Waals surface area contributed by atoms with E-state index >= 15 is 0 Å². The van der Waals surface area contributed by atoms with Gasteiger partial charge in [-0.2, -0.15) is 0 Å². The van der Waals surface area contributed by atoms with Crippen molar-refractivity contribution in [2.45, 2.75) is 26.5 Å². The molecule has 0 N–H and O–H groups in total. The summed E-state index contributed by atoms with van der Waals surface area (Å²) in [5, 5.41) is 0.657. The minimum Gasteiger partial charge on any atom is -0.493 e. The minimum atomic E-state index is -0.654. The molecule has 10 heteroatoms. The number of hydrogen-bond acceptors (Lipinski definition) is 7. The van der Waals surface area contributed by atoms with E-state index in [0.29, 0.717) is 48.2 Å². The summed E-state index contributed by atoms with van der Waals surface area (Å²) in [6, 6.07) is 19.9. The van der Waals surface area contributed by atoms with Crippen LogP contribution in [0.25, 0.3) is 6.08 Å². The zero-order chi connectivity index (χ0) is 29.1. The largest absolute Gasteiger partial charge is 0.493 e. The number of thiazole rings is 1. The van der Waals surface area contributed by atoms with Crippen LogP contribution in [0.15, 0.2) is 92.3 Å². The van der Waals surface area contributed by atoms with Gasteiger partial charge in [-0.1, -0.05) is 65.4 Å². The summed E-state index contributed by atoms with van der Waals surface area (Å²) in [4.78, 5) is 32.0. The van der Waals surface area contributed by atoms with Gasteiger partial charge in [0.25, 0.3) is 5.56 Å². The van der Waals surface area contributed by atoms with Crippen molar-refractivity contribution in [2.24, 2.45) is 4.99 Å². The number of carbonyl (C=O) groups excluding carboxylic acids is 1. The monoisotopic (exact) mass is 652 g/mol. The van der Waals surface area contributed by atoms with E-state index in [9.17, 15) is 9.59 Å². The molecule has 0 fully saturated rings. The standard InChI is InChI=1S/C31H26BrClN2O5S/c1-4-39-30(37)26-18(2)34-31-35(27(26)21-8-6-5-7-9-21)29(36)25(41-31)16-20-14-23(32)28(24(15-20)38-3)40-17-19-10-12-22(33)13-11-19/h5-16,27H,4,17H2,1-3H3/b25-16+/t27-/m0/s1. The van der Waals surface area contributed by atoms with E-state index in [1.54, 1.807) is 31.6 Å². The molecule has 5 rings (SSSR count). The highest BCUT2D eigenvalue weighted by Crippen LogP contribution is 2.37. The van der Waals surface area contributed by atoms with Crippen LogP contribution >= 0.6 is 38.9 Å². The molecule has 4 aromatic rings. The van der Waals surface area contributed by atoms with Crippen LogP contribution in [-0.4, -0.2) is 24.3 Å². The van der Waals surface area contributed by atoms with Crippen molar-refractivity contribution >= 4 is 50.9 Å². The molecule has 3 aromatic carbocycles. The maximum absolute atomic E-state index is 13.9. The number of esters is 1. The predicted molar refractivity (Wildman–Crippen MR) is 163 cm³/mol. The van der Waals surface area contributed by atoms with Gasteiger partial charge >= 0.3 is 5.97 Å². The van der Waals surface area contributed by atoms with Gasteiger partial charge in [-0.15, -0.1) is 0 Å². The second kappa shape index (κ2) is 12.5. The first-order valence-electron chi connectivity index (χ1n) is 12.8. The van der Waals surface area contributed by atoms with Crippen molar-refractivity contribution < 1.29 is 19.0 Å². The molecule has 1 atom stereocenters. The van der Waals surface area contributed by atoms with Gasteiger partial charge < -0.3 is 14.2 Å². The van der Waals surface area contributed by atoms with Crippen LogP contribution in [0.4, 0.5) is 0 Å². The Morgan fingerprint density at radius 1 is 1.15 bits per heavy atom. The van der Waals surface area contributed by atoms with Gasteiger partial charge in [-0.05, 0) is 76.8 Å². The molecule has 0 unspecified atom stereocenters. The number of benzene rings is 3. The molecule has 0 aliphatic carbocycles. The average Bonchev–Trinajstić information content (AvgIpc) is 3.26. The van der Waals surface area contributed by atoms with Crippen molar-refractivity contribution in [3.05, 3.63) is 124 Å². The average molecular weight is 654 g/mol. The Kier molecular flexibility index (Phi) is 8.77. The number of fused-ring (bicyclic) bond motifs is 1. The Balaban J connectivity index is 1.56. The quantitative estimate of drug-likeness (QED) is 0.225. The van der Waals surface area contributed by atoms with Gasteiger partial charge in [-0.25, -0.2) is 9.79 Å². The number of allylic oxidation sites excluding steroid dienone is 1. The molecule has 0 bridgehead atoms. The van der Waals surface area contributed by atoms with E-state index in [-0.39, 0.29) is 12.2 Å². The number of carbonyl (C=O) groups is 1. The van der Waals surface area contributed by atoms with Crippen molar-refractivity contribution in [3.8, 4) is 11.5 Å². The second-order valence-electron chi connectivity index (χ2n) is 9.16.